The molecule has 6 heteroatoms. The summed E-state index contributed by atoms with van der Waals surface area (Å²) in [5, 5.41) is 0. The molecule has 2 amide bonds. The zero-order valence-corrected chi connectivity index (χ0v) is 18.4. The van der Waals surface area contributed by atoms with E-state index in [0.717, 1.165) is 36.4 Å². The summed E-state index contributed by atoms with van der Waals surface area (Å²) in [6.45, 7) is 5.82. The lowest BCUT2D eigenvalue weighted by atomic mass is 10.00. The Morgan fingerprint density at radius 1 is 1.00 bits per heavy atom. The molecule has 5 nitrogen and oxygen atoms in total. The van der Waals surface area contributed by atoms with Gasteiger partial charge < -0.3 is 9.64 Å². The van der Waals surface area contributed by atoms with Gasteiger partial charge in [0.2, 0.25) is 0 Å². The number of rotatable bonds is 5. The summed E-state index contributed by atoms with van der Waals surface area (Å²) in [6.07, 6.45) is 2.17. The van der Waals surface area contributed by atoms with Crippen LogP contribution in [0.15, 0.2) is 64.0 Å². The number of nitrogens with zero attached hydrogens (tertiary/aromatic N) is 2. The van der Waals surface area contributed by atoms with Crippen molar-refractivity contribution >= 4 is 29.3 Å². The van der Waals surface area contributed by atoms with Gasteiger partial charge >= 0.3 is 0 Å². The standard InChI is InChI=1S/C24H26N2O3S/c1-16-6-12-20(13-7-16)30-22-21(25-14-4-5-17(2)15-25)23(27)26(24(22)28)18-8-10-19(29-3)11-9-18/h6-13,17H,4-5,14-15H2,1-3H3/t17-/m1/s1. The molecule has 2 aromatic carbocycles. The second-order valence-corrected chi connectivity index (χ2v) is 9.01. The quantitative estimate of drug-likeness (QED) is 0.659. The van der Waals surface area contributed by atoms with Crippen molar-refractivity contribution in [2.75, 3.05) is 25.1 Å². The van der Waals surface area contributed by atoms with Crippen molar-refractivity contribution in [3.8, 4) is 5.75 Å². The topological polar surface area (TPSA) is 49.9 Å². The SMILES string of the molecule is COc1ccc(N2C(=O)C(Sc3ccc(C)cc3)=C(N3CCC[C@@H](C)C3)C2=O)cc1. The molecule has 0 unspecified atom stereocenters. The second-order valence-electron chi connectivity index (χ2n) is 7.93. The first-order valence-corrected chi connectivity index (χ1v) is 11.1. The summed E-state index contributed by atoms with van der Waals surface area (Å²) in [6, 6.07) is 15.1. The molecule has 1 atom stereocenters. The molecule has 0 aliphatic carbocycles. The molecule has 0 aromatic heterocycles. The van der Waals surface area contributed by atoms with Crippen LogP contribution in [0.25, 0.3) is 0 Å². The molecule has 4 rings (SSSR count). The van der Waals surface area contributed by atoms with E-state index < -0.39 is 0 Å². The molecule has 1 fully saturated rings. The van der Waals surface area contributed by atoms with Gasteiger partial charge in [0, 0.05) is 18.0 Å². The maximum absolute atomic E-state index is 13.5. The van der Waals surface area contributed by atoms with E-state index in [2.05, 4.69) is 11.8 Å². The number of hydrogen-bond donors (Lipinski definition) is 0. The minimum atomic E-state index is -0.260. The van der Waals surface area contributed by atoms with Crippen LogP contribution in [0.2, 0.25) is 0 Å². The number of hydrogen-bond acceptors (Lipinski definition) is 5. The van der Waals surface area contributed by atoms with E-state index in [-0.39, 0.29) is 11.8 Å². The lowest BCUT2D eigenvalue weighted by Gasteiger charge is -2.33. The van der Waals surface area contributed by atoms with Gasteiger partial charge in [0.25, 0.3) is 11.8 Å². The Morgan fingerprint density at radius 3 is 2.33 bits per heavy atom. The molecular weight excluding hydrogens is 396 g/mol. The van der Waals surface area contributed by atoms with Crippen LogP contribution < -0.4 is 9.64 Å². The zero-order chi connectivity index (χ0) is 21.3. The van der Waals surface area contributed by atoms with Crippen molar-refractivity contribution in [2.45, 2.75) is 31.6 Å². The molecule has 0 bridgehead atoms. The van der Waals surface area contributed by atoms with Crippen molar-refractivity contribution in [1.82, 2.24) is 4.90 Å². The predicted octanol–water partition coefficient (Wildman–Crippen LogP) is 4.61. The minimum absolute atomic E-state index is 0.242. The van der Waals surface area contributed by atoms with Crippen LogP contribution in [0.5, 0.6) is 5.75 Å². The minimum Gasteiger partial charge on any atom is -0.497 e. The number of piperidine rings is 1. The third kappa shape index (κ3) is 3.97. The van der Waals surface area contributed by atoms with Gasteiger partial charge in [0.15, 0.2) is 0 Å². The number of carbonyl (C=O) groups excluding carboxylic acids is 2. The fourth-order valence-corrected chi connectivity index (χ4v) is 4.95. The third-order valence-electron chi connectivity index (χ3n) is 5.56. The van der Waals surface area contributed by atoms with E-state index >= 15 is 0 Å². The van der Waals surface area contributed by atoms with Gasteiger partial charge in [-0.3, -0.25) is 9.59 Å². The number of aryl methyl sites for hydroxylation is 1. The number of thioether (sulfide) groups is 1. The highest BCUT2D eigenvalue weighted by Gasteiger charge is 2.43. The Balaban J connectivity index is 1.72. The number of likely N-dealkylation sites (tertiary alicyclic amines) is 1. The highest BCUT2D eigenvalue weighted by Crippen LogP contribution is 2.40. The number of benzene rings is 2. The van der Waals surface area contributed by atoms with Crippen LogP contribution in [-0.4, -0.2) is 36.9 Å². The Morgan fingerprint density at radius 2 is 1.70 bits per heavy atom. The van der Waals surface area contributed by atoms with E-state index in [1.165, 1.54) is 16.7 Å². The molecule has 2 aliphatic rings. The Bertz CT molecular complexity index is 983. The fraction of sp³-hybridized carbons (Fsp3) is 0.333. The van der Waals surface area contributed by atoms with E-state index in [1.807, 2.05) is 31.2 Å². The summed E-state index contributed by atoms with van der Waals surface area (Å²) >= 11 is 1.38. The van der Waals surface area contributed by atoms with Crippen LogP contribution >= 0.6 is 11.8 Å². The zero-order valence-electron chi connectivity index (χ0n) is 17.6. The number of amides is 2. The number of imide groups is 1. The third-order valence-corrected chi connectivity index (χ3v) is 6.64. The molecule has 2 aliphatic heterocycles. The molecule has 30 heavy (non-hydrogen) atoms. The number of carbonyl (C=O) groups is 2. The number of ether oxygens (including phenoxy) is 1. The Labute approximate surface area is 181 Å². The highest BCUT2D eigenvalue weighted by molar-refractivity contribution is 8.04. The van der Waals surface area contributed by atoms with E-state index in [1.54, 1.807) is 31.4 Å². The van der Waals surface area contributed by atoms with Crippen LogP contribution in [0.1, 0.15) is 25.3 Å². The summed E-state index contributed by atoms with van der Waals surface area (Å²) < 4.78 is 5.21. The lowest BCUT2D eigenvalue weighted by molar-refractivity contribution is -0.121. The monoisotopic (exact) mass is 422 g/mol. The molecule has 0 saturated carbocycles. The fourth-order valence-electron chi connectivity index (χ4n) is 3.95. The van der Waals surface area contributed by atoms with Crippen molar-refractivity contribution in [3.05, 3.63) is 64.7 Å². The van der Waals surface area contributed by atoms with Crippen LogP contribution in [0, 0.1) is 12.8 Å². The molecule has 2 heterocycles. The predicted molar refractivity (Wildman–Crippen MR) is 120 cm³/mol. The molecule has 0 radical (unpaired) electrons. The van der Waals surface area contributed by atoms with Gasteiger partial charge in [0.05, 0.1) is 12.8 Å². The largest absolute Gasteiger partial charge is 0.497 e. The molecule has 0 N–H and O–H groups in total. The Hall–Kier alpha value is -2.73. The van der Waals surface area contributed by atoms with Gasteiger partial charge in [-0.05, 0) is 62.1 Å². The molecule has 156 valence electrons. The molecule has 1 saturated heterocycles. The van der Waals surface area contributed by atoms with Gasteiger partial charge in [-0.25, -0.2) is 4.90 Å². The van der Waals surface area contributed by atoms with Crippen molar-refractivity contribution in [1.29, 1.82) is 0 Å². The van der Waals surface area contributed by atoms with Crippen LogP contribution in [-0.2, 0) is 9.59 Å². The summed E-state index contributed by atoms with van der Waals surface area (Å²) in [5.74, 6) is 0.679. The number of anilines is 1. The van der Waals surface area contributed by atoms with E-state index in [0.29, 0.717) is 28.0 Å². The maximum Gasteiger partial charge on any atom is 0.283 e. The average Bonchev–Trinajstić information content (AvgIpc) is 2.99. The summed E-state index contributed by atoms with van der Waals surface area (Å²) in [7, 11) is 1.59. The average molecular weight is 423 g/mol. The first-order chi connectivity index (χ1) is 14.5. The van der Waals surface area contributed by atoms with E-state index in [4.69, 9.17) is 4.74 Å². The molecule has 0 spiro atoms. The van der Waals surface area contributed by atoms with Crippen LogP contribution in [0.3, 0.4) is 0 Å². The van der Waals surface area contributed by atoms with Gasteiger partial charge in [-0.2, -0.15) is 0 Å². The van der Waals surface area contributed by atoms with Crippen molar-refractivity contribution in [3.63, 3.8) is 0 Å². The Kier molecular flexibility index (Phi) is 5.86. The smallest absolute Gasteiger partial charge is 0.283 e. The van der Waals surface area contributed by atoms with Gasteiger partial charge in [-0.15, -0.1) is 0 Å². The van der Waals surface area contributed by atoms with Gasteiger partial charge in [-0.1, -0.05) is 36.4 Å². The van der Waals surface area contributed by atoms with Crippen molar-refractivity contribution < 1.29 is 14.3 Å². The first kappa shape index (κ1) is 20.5. The molecule has 2 aromatic rings. The number of methoxy groups -OCH3 is 1. The normalized spacial score (nSPS) is 19.6. The second kappa shape index (κ2) is 8.56. The first-order valence-electron chi connectivity index (χ1n) is 10.2. The summed E-state index contributed by atoms with van der Waals surface area (Å²) in [4.78, 5) is 31.8. The maximum atomic E-state index is 13.5. The molecular formula is C24H26N2O3S. The van der Waals surface area contributed by atoms with Gasteiger partial charge in [0.1, 0.15) is 16.4 Å². The highest BCUT2D eigenvalue weighted by atomic mass is 32.2. The van der Waals surface area contributed by atoms with Crippen LogP contribution in [0.4, 0.5) is 5.69 Å². The van der Waals surface area contributed by atoms with Crippen molar-refractivity contribution in [2.24, 2.45) is 5.92 Å². The lowest BCUT2D eigenvalue weighted by Crippen LogP contribution is -2.39. The van der Waals surface area contributed by atoms with E-state index in [9.17, 15) is 9.59 Å². The summed E-state index contributed by atoms with van der Waals surface area (Å²) in [5.41, 5.74) is 2.26.